The van der Waals surface area contributed by atoms with Gasteiger partial charge in [-0.25, -0.2) is 0 Å². The topological polar surface area (TPSA) is 20.2 Å². The molecule has 0 fully saturated rings. The molecular formula is C2H9OP. The molecule has 0 aromatic carbocycles. The van der Waals surface area contributed by atoms with E-state index in [4.69, 9.17) is 5.11 Å². The van der Waals surface area contributed by atoms with Crippen LogP contribution in [0.5, 0.6) is 0 Å². The number of hydrogen-bond acceptors (Lipinski definition) is 1. The first kappa shape index (κ1) is 4.39. The van der Waals surface area contributed by atoms with Crippen molar-refractivity contribution in [2.45, 2.75) is 0 Å². The Hall–Kier alpha value is 0.390. The fraction of sp³-hybridized carbons (Fsp3) is 1.00. The van der Waals surface area contributed by atoms with Crippen LogP contribution < -0.4 is 0 Å². The van der Waals surface area contributed by atoms with Crippen LogP contribution in [0.1, 0.15) is 0 Å². The Balaban J connectivity index is 1.97. The van der Waals surface area contributed by atoms with Gasteiger partial charge in [0.15, 0.2) is 0 Å². The Morgan fingerprint density at radius 2 is 2.00 bits per heavy atom. The third-order valence-electron chi connectivity index (χ3n) is 0.224. The fourth-order valence-electron chi connectivity index (χ4n) is 0. The molecule has 0 bridgehead atoms. The number of rotatable bonds is 1. The first-order chi connectivity index (χ1) is 1.91. The average molecular weight is 80.1 g/mol. The molecular weight excluding hydrogens is 71.0 g/mol. The van der Waals surface area contributed by atoms with Gasteiger partial charge >= 0.3 is 27.1 Å². The van der Waals surface area contributed by atoms with Crippen molar-refractivity contribution < 1.29 is 5.11 Å². The molecule has 2 heteroatoms. The van der Waals surface area contributed by atoms with Gasteiger partial charge in [0, 0.05) is 0 Å². The van der Waals surface area contributed by atoms with E-state index >= 15 is 0 Å². The standard InChI is InChI=1S/C2H9OP/c3-1-2-4/h3H,1-2H2,4H4. The van der Waals surface area contributed by atoms with Crippen LogP contribution in [0.4, 0.5) is 0 Å². The third-order valence-corrected chi connectivity index (χ3v) is 0.671. The molecule has 4 heavy (non-hydrogen) atoms. The van der Waals surface area contributed by atoms with Crippen molar-refractivity contribution in [2.24, 2.45) is 0 Å². The summed E-state index contributed by atoms with van der Waals surface area (Å²) in [6.45, 7) is 0.381. The van der Waals surface area contributed by atoms with Crippen molar-refractivity contribution >= 4 is 9.24 Å². The van der Waals surface area contributed by atoms with Crippen LogP contribution >= 0.6 is 9.24 Å². The van der Waals surface area contributed by atoms with Gasteiger partial charge in [0.1, 0.15) is 0 Å². The van der Waals surface area contributed by atoms with Crippen molar-refractivity contribution in [3.8, 4) is 0 Å². The molecule has 1 N–H and O–H groups in total. The van der Waals surface area contributed by atoms with Crippen LogP contribution in [0, 0.1) is 0 Å². The molecule has 0 aliphatic carbocycles. The molecule has 0 atom stereocenters. The van der Waals surface area contributed by atoms with Gasteiger partial charge in [0.05, 0.1) is 0 Å². The van der Waals surface area contributed by atoms with E-state index in [2.05, 4.69) is 0 Å². The zero-order valence-electron chi connectivity index (χ0n) is 2.86. The van der Waals surface area contributed by atoms with Gasteiger partial charge in [-0.1, -0.05) is 0 Å². The van der Waals surface area contributed by atoms with Gasteiger partial charge in [0.2, 0.25) is 0 Å². The second kappa shape index (κ2) is 3.39. The van der Waals surface area contributed by atoms with Crippen LogP contribution in [0.2, 0.25) is 0 Å². The summed E-state index contributed by atoms with van der Waals surface area (Å²) in [5.74, 6) is 0. The Labute approximate surface area is 28.2 Å². The maximum absolute atomic E-state index is 7.91. The van der Waals surface area contributed by atoms with E-state index in [0.29, 0.717) is 6.61 Å². The maximum atomic E-state index is 7.91. The number of aliphatic hydroxyl groups is 1. The molecule has 28 valence electrons. The van der Waals surface area contributed by atoms with Gasteiger partial charge in [-0.3, -0.25) is 0 Å². The monoisotopic (exact) mass is 80.0 g/mol. The Morgan fingerprint density at radius 1 is 1.75 bits per heavy atom. The van der Waals surface area contributed by atoms with Crippen molar-refractivity contribution in [1.82, 2.24) is 0 Å². The summed E-state index contributed by atoms with van der Waals surface area (Å²) in [5, 5.41) is 7.91. The van der Waals surface area contributed by atoms with Crippen molar-refractivity contribution in [3.63, 3.8) is 0 Å². The Bertz CT molecular complexity index is 8.00. The summed E-state index contributed by atoms with van der Waals surface area (Å²) in [4.78, 5) is 0. The molecule has 1 nitrogen and oxygen atoms in total. The molecule has 0 unspecified atom stereocenters. The molecule has 0 aliphatic rings. The van der Waals surface area contributed by atoms with E-state index in [0.717, 1.165) is 15.4 Å². The molecule has 0 spiro atoms. The molecule has 0 heterocycles. The molecule has 0 rings (SSSR count). The molecule has 0 amide bonds. The van der Waals surface area contributed by atoms with Gasteiger partial charge < -0.3 is 0 Å². The van der Waals surface area contributed by atoms with E-state index in [-0.39, 0.29) is 0 Å². The molecule has 0 saturated carbocycles. The normalized spacial score (nSPS) is 7.75. The zero-order valence-corrected chi connectivity index (χ0v) is 4.86. The van der Waals surface area contributed by atoms with E-state index in [1.54, 1.807) is 0 Å². The average Bonchev–Trinajstić information content (AvgIpc) is 1.37. The first-order valence-electron chi connectivity index (χ1n) is 1.52. The van der Waals surface area contributed by atoms with Crippen LogP contribution in [0.15, 0.2) is 0 Å². The van der Waals surface area contributed by atoms with Gasteiger partial charge in [-0.2, -0.15) is 0 Å². The molecule has 0 aromatic rings. The Kier molecular flexibility index (Phi) is 3.72. The SMILES string of the molecule is OCC[PH4]. The predicted octanol–water partition coefficient (Wildman–Crippen LogP) is -0.682. The van der Waals surface area contributed by atoms with Crippen LogP contribution in [0.3, 0.4) is 0 Å². The molecule has 0 aromatic heterocycles. The quantitative estimate of drug-likeness (QED) is 0.414. The van der Waals surface area contributed by atoms with Crippen molar-refractivity contribution in [3.05, 3.63) is 0 Å². The molecule has 0 radical (unpaired) electrons. The second-order valence-electron chi connectivity index (χ2n) is 0.724. The van der Waals surface area contributed by atoms with E-state index < -0.39 is 0 Å². The van der Waals surface area contributed by atoms with Crippen molar-refractivity contribution in [2.75, 3.05) is 12.8 Å². The molecule has 0 aliphatic heterocycles. The van der Waals surface area contributed by atoms with E-state index in [9.17, 15) is 0 Å². The van der Waals surface area contributed by atoms with Crippen LogP contribution in [-0.2, 0) is 0 Å². The minimum absolute atomic E-state index is 0.381. The summed E-state index contributed by atoms with van der Waals surface area (Å²) in [6, 6.07) is 0. The van der Waals surface area contributed by atoms with Gasteiger partial charge in [-0.05, 0) is 0 Å². The summed E-state index contributed by atoms with van der Waals surface area (Å²) in [6.07, 6.45) is 1.01. The predicted molar refractivity (Wildman–Crippen MR) is 24.5 cm³/mol. The third kappa shape index (κ3) is 2.39. The summed E-state index contributed by atoms with van der Waals surface area (Å²) in [5.41, 5.74) is 0. The van der Waals surface area contributed by atoms with Crippen LogP contribution in [-0.4, -0.2) is 17.9 Å². The summed E-state index contributed by atoms with van der Waals surface area (Å²) < 4.78 is 0. The summed E-state index contributed by atoms with van der Waals surface area (Å²) >= 11 is 0. The van der Waals surface area contributed by atoms with E-state index in [1.807, 2.05) is 0 Å². The van der Waals surface area contributed by atoms with Crippen molar-refractivity contribution in [1.29, 1.82) is 0 Å². The van der Waals surface area contributed by atoms with Gasteiger partial charge in [0.25, 0.3) is 0 Å². The molecule has 0 saturated heterocycles. The number of hydrogen-bond donors (Lipinski definition) is 1. The van der Waals surface area contributed by atoms with Crippen LogP contribution in [0.25, 0.3) is 0 Å². The van der Waals surface area contributed by atoms with E-state index in [1.165, 1.54) is 0 Å². The summed E-state index contributed by atoms with van der Waals surface area (Å²) in [7, 11) is 1.14. The number of aliphatic hydroxyl groups excluding tert-OH is 1. The zero-order chi connectivity index (χ0) is 3.41. The Morgan fingerprint density at radius 3 is 2.00 bits per heavy atom. The van der Waals surface area contributed by atoms with Gasteiger partial charge in [-0.15, -0.1) is 0 Å². The second-order valence-corrected chi connectivity index (χ2v) is 1.72. The minimum atomic E-state index is 0.381. The first-order valence-corrected chi connectivity index (χ1v) is 2.94. The fourth-order valence-corrected chi connectivity index (χ4v) is 0.